The number of carbonyl (C=O) groups is 2. The van der Waals surface area contributed by atoms with Crippen LogP contribution in [-0.4, -0.2) is 85.5 Å². The van der Waals surface area contributed by atoms with Gasteiger partial charge in [0.15, 0.2) is 0 Å². The summed E-state index contributed by atoms with van der Waals surface area (Å²) in [5.74, 6) is 0.390. The highest BCUT2D eigenvalue weighted by molar-refractivity contribution is 6.24. The van der Waals surface area contributed by atoms with E-state index >= 15 is 0 Å². The van der Waals surface area contributed by atoms with E-state index in [-0.39, 0.29) is 11.9 Å². The van der Waals surface area contributed by atoms with E-state index in [2.05, 4.69) is 46.2 Å². The van der Waals surface area contributed by atoms with E-state index in [0.717, 1.165) is 44.7 Å². The summed E-state index contributed by atoms with van der Waals surface area (Å²) in [6.07, 6.45) is 8.35. The number of amidine groups is 1. The Morgan fingerprint density at radius 1 is 1.23 bits per heavy atom. The molecule has 0 spiro atoms. The maximum Gasteiger partial charge on any atom is 0.327 e. The number of aliphatic imine (C=N–C) groups is 1. The Kier molecular flexibility index (Phi) is 8.57. The molecule has 35 heavy (non-hydrogen) atoms. The van der Waals surface area contributed by atoms with Crippen molar-refractivity contribution in [2.24, 2.45) is 4.99 Å². The Morgan fingerprint density at radius 3 is 2.83 bits per heavy atom. The fraction of sp³-hybridized carbons (Fsp3) is 0.593. The molecule has 0 saturated carbocycles. The quantitative estimate of drug-likeness (QED) is 0.561. The lowest BCUT2D eigenvalue weighted by Gasteiger charge is -2.38. The first kappa shape index (κ1) is 25.4. The molecule has 1 aromatic carbocycles. The SMILES string of the molecule is CCc1ccc2c(c1)C(=O)NC1C=CCN=C1N2C(=O)NCCN1CCCCC1CN(CC)CC. The summed E-state index contributed by atoms with van der Waals surface area (Å²) in [5, 5.41) is 6.16. The van der Waals surface area contributed by atoms with Crippen LogP contribution in [0.4, 0.5) is 10.5 Å². The predicted molar refractivity (Wildman–Crippen MR) is 141 cm³/mol. The summed E-state index contributed by atoms with van der Waals surface area (Å²) < 4.78 is 0. The minimum Gasteiger partial charge on any atom is -0.338 e. The molecule has 8 nitrogen and oxygen atoms in total. The number of nitrogens with one attached hydrogen (secondary N) is 2. The molecule has 0 radical (unpaired) electrons. The van der Waals surface area contributed by atoms with Gasteiger partial charge in [-0.3, -0.25) is 14.7 Å². The smallest absolute Gasteiger partial charge is 0.327 e. The molecule has 2 unspecified atom stereocenters. The first-order valence-corrected chi connectivity index (χ1v) is 13.2. The van der Waals surface area contributed by atoms with Crippen LogP contribution in [-0.2, 0) is 6.42 Å². The highest BCUT2D eigenvalue weighted by Gasteiger charge is 2.35. The van der Waals surface area contributed by atoms with Crippen molar-refractivity contribution in [2.45, 2.75) is 58.5 Å². The zero-order chi connectivity index (χ0) is 24.8. The van der Waals surface area contributed by atoms with Crippen molar-refractivity contribution in [1.82, 2.24) is 20.4 Å². The van der Waals surface area contributed by atoms with Gasteiger partial charge in [0.2, 0.25) is 0 Å². The number of fused-ring (bicyclic) bond motifs is 2. The van der Waals surface area contributed by atoms with E-state index < -0.39 is 6.04 Å². The maximum absolute atomic E-state index is 13.6. The summed E-state index contributed by atoms with van der Waals surface area (Å²) in [4.78, 5) is 37.8. The van der Waals surface area contributed by atoms with E-state index in [1.807, 2.05) is 30.4 Å². The van der Waals surface area contributed by atoms with Crippen molar-refractivity contribution in [3.05, 3.63) is 41.5 Å². The van der Waals surface area contributed by atoms with Gasteiger partial charge in [-0.05, 0) is 56.6 Å². The van der Waals surface area contributed by atoms with E-state index in [0.29, 0.717) is 36.2 Å². The van der Waals surface area contributed by atoms with E-state index in [1.54, 1.807) is 4.90 Å². The number of rotatable bonds is 8. The second-order valence-electron chi connectivity index (χ2n) is 9.52. The van der Waals surface area contributed by atoms with Gasteiger partial charge < -0.3 is 15.5 Å². The molecule has 2 N–H and O–H groups in total. The number of likely N-dealkylation sites (N-methyl/N-ethyl adjacent to an activating group) is 1. The average molecular weight is 481 g/mol. The molecule has 8 heteroatoms. The zero-order valence-corrected chi connectivity index (χ0v) is 21.4. The Labute approximate surface area is 209 Å². The molecule has 2 atom stereocenters. The predicted octanol–water partition coefficient (Wildman–Crippen LogP) is 3.04. The number of benzene rings is 1. The van der Waals surface area contributed by atoms with E-state index in [4.69, 9.17) is 0 Å². The third kappa shape index (κ3) is 5.76. The van der Waals surface area contributed by atoms with Crippen LogP contribution in [0, 0.1) is 0 Å². The molecular weight excluding hydrogens is 440 g/mol. The second kappa shape index (κ2) is 11.8. The van der Waals surface area contributed by atoms with Crippen molar-refractivity contribution >= 4 is 23.5 Å². The van der Waals surface area contributed by atoms with Crippen LogP contribution in [0.3, 0.4) is 0 Å². The third-order valence-corrected chi connectivity index (χ3v) is 7.43. The van der Waals surface area contributed by atoms with E-state index in [1.165, 1.54) is 19.3 Å². The maximum atomic E-state index is 13.6. The molecule has 4 rings (SSSR count). The van der Waals surface area contributed by atoms with Gasteiger partial charge in [0.05, 0.1) is 17.8 Å². The van der Waals surface area contributed by atoms with Gasteiger partial charge in [-0.25, -0.2) is 9.69 Å². The largest absolute Gasteiger partial charge is 0.338 e. The normalized spacial score (nSPS) is 22.2. The number of hydrogen-bond donors (Lipinski definition) is 2. The van der Waals surface area contributed by atoms with Crippen molar-refractivity contribution in [2.75, 3.05) is 50.7 Å². The van der Waals surface area contributed by atoms with Crippen molar-refractivity contribution in [3.63, 3.8) is 0 Å². The molecule has 3 amide bonds. The summed E-state index contributed by atoms with van der Waals surface area (Å²) >= 11 is 0. The van der Waals surface area contributed by atoms with Gasteiger partial charge >= 0.3 is 6.03 Å². The van der Waals surface area contributed by atoms with Gasteiger partial charge in [-0.2, -0.15) is 0 Å². The topological polar surface area (TPSA) is 80.3 Å². The zero-order valence-electron chi connectivity index (χ0n) is 21.4. The summed E-state index contributed by atoms with van der Waals surface area (Å²) in [6, 6.07) is 5.63. The lowest BCUT2D eigenvalue weighted by atomic mass is 10.0. The standard InChI is InChI=1S/C27H40N6O2/c1-4-20-12-13-24-22(18-20)26(34)30-23-11-9-14-28-25(23)33(24)27(35)29-15-17-32-16-8-7-10-21(32)19-31(5-2)6-3/h9,11-13,18,21,23H,4-8,10,14-17,19H2,1-3H3,(H,29,35)(H,30,34). The number of hydrogen-bond acceptors (Lipinski definition) is 5. The van der Waals surface area contributed by atoms with Gasteiger partial charge in [0.25, 0.3) is 5.91 Å². The first-order valence-electron chi connectivity index (χ1n) is 13.2. The molecule has 3 aliphatic rings. The Bertz CT molecular complexity index is 970. The summed E-state index contributed by atoms with van der Waals surface area (Å²) in [5.41, 5.74) is 2.16. The lowest BCUT2D eigenvalue weighted by Crippen LogP contribution is -2.53. The molecule has 0 bridgehead atoms. The highest BCUT2D eigenvalue weighted by atomic mass is 16.2. The van der Waals surface area contributed by atoms with Gasteiger partial charge in [0, 0.05) is 25.7 Å². The highest BCUT2D eigenvalue weighted by Crippen LogP contribution is 2.28. The van der Waals surface area contributed by atoms with Crippen molar-refractivity contribution in [3.8, 4) is 0 Å². The first-order chi connectivity index (χ1) is 17.0. The number of likely N-dealkylation sites (tertiary alicyclic amines) is 1. The van der Waals surface area contributed by atoms with Crippen LogP contribution in [0.25, 0.3) is 0 Å². The fourth-order valence-electron chi connectivity index (χ4n) is 5.31. The van der Waals surface area contributed by atoms with Crippen LogP contribution in [0.15, 0.2) is 35.3 Å². The number of anilines is 1. The third-order valence-electron chi connectivity index (χ3n) is 7.43. The average Bonchev–Trinajstić information content (AvgIpc) is 3.01. The molecular formula is C27H40N6O2. The number of nitrogens with zero attached hydrogens (tertiary/aromatic N) is 4. The number of urea groups is 1. The van der Waals surface area contributed by atoms with Crippen LogP contribution in [0.2, 0.25) is 0 Å². The minimum absolute atomic E-state index is 0.178. The molecule has 1 fully saturated rings. The minimum atomic E-state index is -0.417. The Morgan fingerprint density at radius 2 is 2.06 bits per heavy atom. The number of dihydropyridines is 1. The van der Waals surface area contributed by atoms with Crippen molar-refractivity contribution < 1.29 is 9.59 Å². The number of piperidine rings is 1. The van der Waals surface area contributed by atoms with Crippen LogP contribution < -0.4 is 15.5 Å². The van der Waals surface area contributed by atoms with Crippen LogP contribution in [0.5, 0.6) is 0 Å². The summed E-state index contributed by atoms with van der Waals surface area (Å²) in [7, 11) is 0. The molecule has 190 valence electrons. The fourth-order valence-corrected chi connectivity index (χ4v) is 5.31. The van der Waals surface area contributed by atoms with Crippen LogP contribution >= 0.6 is 0 Å². The van der Waals surface area contributed by atoms with Crippen molar-refractivity contribution in [1.29, 1.82) is 0 Å². The molecule has 3 heterocycles. The molecule has 1 aromatic rings. The molecule has 3 aliphatic heterocycles. The number of amides is 3. The summed E-state index contributed by atoms with van der Waals surface area (Å²) in [6.45, 7) is 12.7. The lowest BCUT2D eigenvalue weighted by molar-refractivity contribution is 0.0954. The monoisotopic (exact) mass is 480 g/mol. The van der Waals surface area contributed by atoms with Crippen LogP contribution in [0.1, 0.15) is 56.0 Å². The van der Waals surface area contributed by atoms with E-state index in [9.17, 15) is 9.59 Å². The molecule has 0 aromatic heterocycles. The van der Waals surface area contributed by atoms with Gasteiger partial charge in [-0.1, -0.05) is 45.4 Å². The second-order valence-corrected chi connectivity index (χ2v) is 9.52. The molecule has 1 saturated heterocycles. The van der Waals surface area contributed by atoms with Gasteiger partial charge in [0.1, 0.15) is 11.9 Å². The number of carbonyl (C=O) groups excluding carboxylic acids is 2. The Hall–Kier alpha value is -2.71. The number of aryl methyl sites for hydroxylation is 1. The van der Waals surface area contributed by atoms with Gasteiger partial charge in [-0.15, -0.1) is 0 Å². The Balaban J connectivity index is 1.49. The molecule has 0 aliphatic carbocycles.